The molecule has 1 unspecified atom stereocenters. The van der Waals surface area contributed by atoms with Crippen LogP contribution in [0.25, 0.3) is 0 Å². The van der Waals surface area contributed by atoms with E-state index >= 15 is 0 Å². The lowest BCUT2D eigenvalue weighted by atomic mass is 9.82. The van der Waals surface area contributed by atoms with Gasteiger partial charge in [-0.25, -0.2) is 0 Å². The molecule has 3 heteroatoms. The van der Waals surface area contributed by atoms with Crippen LogP contribution in [0.15, 0.2) is 42.5 Å². The molecule has 0 saturated heterocycles. The summed E-state index contributed by atoms with van der Waals surface area (Å²) < 4.78 is 0. The molecule has 0 saturated carbocycles. The lowest BCUT2D eigenvalue weighted by Crippen LogP contribution is -2.15. The van der Waals surface area contributed by atoms with Gasteiger partial charge >= 0.3 is 0 Å². The first-order valence-corrected chi connectivity index (χ1v) is 8.72. The first-order chi connectivity index (χ1) is 9.85. The Bertz CT molecular complexity index is 618. The largest absolute Gasteiger partial charge is 0.0827 e. The Hall–Kier alpha value is -0.500. The Kier molecular flexibility index (Phi) is 5.40. The van der Waals surface area contributed by atoms with E-state index in [0.29, 0.717) is 10.0 Å². The summed E-state index contributed by atoms with van der Waals surface area (Å²) in [6, 6.07) is 14.5. The lowest BCUT2D eigenvalue weighted by molar-refractivity contribution is 0.506. The topological polar surface area (TPSA) is 0 Å². The van der Waals surface area contributed by atoms with E-state index in [1.165, 1.54) is 11.1 Å². The summed E-state index contributed by atoms with van der Waals surface area (Å²) in [5, 5.41) is 1.17. The number of hydrogen-bond acceptors (Lipinski definition) is 0. The Morgan fingerprint density at radius 3 is 2.05 bits per heavy atom. The number of benzene rings is 2. The fraction of sp³-hybridized carbons (Fsp3) is 0.333. The summed E-state index contributed by atoms with van der Waals surface area (Å²) in [5.74, 6) is 0. The fourth-order valence-corrected chi connectivity index (χ4v) is 3.07. The van der Waals surface area contributed by atoms with Gasteiger partial charge in [0, 0.05) is 0 Å². The normalized spacial score (nSPS) is 13.2. The fourth-order valence-electron chi connectivity index (χ4n) is 2.17. The van der Waals surface area contributed by atoms with Crippen molar-refractivity contribution < 1.29 is 0 Å². The smallest absolute Gasteiger partial charge is 0.0645 e. The lowest BCUT2D eigenvalue weighted by Gasteiger charge is -2.24. The van der Waals surface area contributed by atoms with E-state index < -0.39 is 0 Å². The molecule has 0 nitrogen and oxygen atoms in total. The van der Waals surface area contributed by atoms with Crippen molar-refractivity contribution in [3.63, 3.8) is 0 Å². The van der Waals surface area contributed by atoms with Crippen LogP contribution in [-0.2, 0) is 5.41 Å². The van der Waals surface area contributed by atoms with Crippen LogP contribution >= 0.6 is 39.1 Å². The maximum atomic E-state index is 6.10. The average Bonchev–Trinajstić information content (AvgIpc) is 2.49. The van der Waals surface area contributed by atoms with Crippen molar-refractivity contribution in [1.82, 2.24) is 0 Å². The van der Waals surface area contributed by atoms with Gasteiger partial charge in [-0.1, -0.05) is 90.2 Å². The number of rotatable bonds is 4. The van der Waals surface area contributed by atoms with Gasteiger partial charge in [0.1, 0.15) is 0 Å². The van der Waals surface area contributed by atoms with E-state index in [2.05, 4.69) is 61.0 Å². The molecule has 0 radical (unpaired) electrons. The van der Waals surface area contributed by atoms with Crippen LogP contribution in [0.3, 0.4) is 0 Å². The third-order valence-corrected chi connectivity index (χ3v) is 5.90. The molecule has 0 aliphatic rings. The Morgan fingerprint density at radius 2 is 1.52 bits per heavy atom. The van der Waals surface area contributed by atoms with Crippen molar-refractivity contribution in [1.29, 1.82) is 0 Å². The zero-order valence-corrected chi connectivity index (χ0v) is 15.6. The van der Waals surface area contributed by atoms with Crippen LogP contribution < -0.4 is 0 Å². The molecule has 0 spiro atoms. The van der Waals surface area contributed by atoms with Crippen LogP contribution in [0.2, 0.25) is 10.0 Å². The van der Waals surface area contributed by atoms with E-state index in [1.54, 1.807) is 0 Å². The monoisotopic (exact) mass is 384 g/mol. The minimum Gasteiger partial charge on any atom is -0.0827 e. The highest BCUT2D eigenvalue weighted by Gasteiger charge is 2.18. The van der Waals surface area contributed by atoms with Gasteiger partial charge in [0.15, 0.2) is 0 Å². The molecule has 21 heavy (non-hydrogen) atoms. The maximum absolute atomic E-state index is 6.10. The van der Waals surface area contributed by atoms with Gasteiger partial charge in [-0.15, -0.1) is 0 Å². The molecule has 112 valence electrons. The van der Waals surface area contributed by atoms with Crippen LogP contribution in [0, 0.1) is 0 Å². The zero-order chi connectivity index (χ0) is 15.6. The van der Waals surface area contributed by atoms with Crippen molar-refractivity contribution in [3.05, 3.63) is 69.2 Å². The zero-order valence-electron chi connectivity index (χ0n) is 12.5. The molecule has 2 aromatic carbocycles. The second kappa shape index (κ2) is 6.73. The van der Waals surface area contributed by atoms with Gasteiger partial charge in [0.25, 0.3) is 0 Å². The van der Waals surface area contributed by atoms with Crippen molar-refractivity contribution in [2.45, 2.75) is 37.4 Å². The Labute approximate surface area is 145 Å². The summed E-state index contributed by atoms with van der Waals surface area (Å²) in [4.78, 5) is 0.117. The predicted molar refractivity (Wildman–Crippen MR) is 97.0 cm³/mol. The van der Waals surface area contributed by atoms with E-state index in [1.807, 2.05) is 18.2 Å². The quantitative estimate of drug-likeness (QED) is 0.489. The summed E-state index contributed by atoms with van der Waals surface area (Å²) in [7, 11) is 0. The standard InChI is InChI=1S/C18H19BrCl2/c1-4-18(2,3)14-8-5-12(6-9-14)17(19)13-7-10-15(20)16(21)11-13/h5-11,17H,4H2,1-3H3. The highest BCUT2D eigenvalue weighted by Crippen LogP contribution is 2.35. The first-order valence-electron chi connectivity index (χ1n) is 7.04. The van der Waals surface area contributed by atoms with Crippen LogP contribution in [0.5, 0.6) is 0 Å². The third kappa shape index (κ3) is 3.83. The van der Waals surface area contributed by atoms with E-state index in [9.17, 15) is 0 Å². The first kappa shape index (κ1) is 16.9. The molecule has 0 amide bonds. The average molecular weight is 386 g/mol. The third-order valence-electron chi connectivity index (χ3n) is 4.11. The van der Waals surface area contributed by atoms with Crippen molar-refractivity contribution in [2.24, 2.45) is 0 Å². The second-order valence-electron chi connectivity index (χ2n) is 5.90. The molecule has 0 N–H and O–H groups in total. The van der Waals surface area contributed by atoms with Crippen LogP contribution in [0.1, 0.15) is 48.7 Å². The molecular formula is C18H19BrCl2. The number of alkyl halides is 1. The van der Waals surface area contributed by atoms with Crippen LogP contribution in [-0.4, -0.2) is 0 Å². The maximum Gasteiger partial charge on any atom is 0.0645 e. The molecular weight excluding hydrogens is 367 g/mol. The molecule has 0 aliphatic heterocycles. The minimum atomic E-state index is 0.117. The van der Waals surface area contributed by atoms with Gasteiger partial charge in [-0.3, -0.25) is 0 Å². The van der Waals surface area contributed by atoms with Gasteiger partial charge in [0.2, 0.25) is 0 Å². The summed E-state index contributed by atoms with van der Waals surface area (Å²) in [6.07, 6.45) is 1.12. The molecule has 0 fully saturated rings. The van der Waals surface area contributed by atoms with E-state index in [-0.39, 0.29) is 10.2 Å². The molecule has 0 bridgehead atoms. The van der Waals surface area contributed by atoms with Gasteiger partial charge in [-0.05, 0) is 40.7 Å². The highest BCUT2D eigenvalue weighted by atomic mass is 79.9. The molecule has 2 aromatic rings. The summed E-state index contributed by atoms with van der Waals surface area (Å²) in [5.41, 5.74) is 3.89. The predicted octanol–water partition coefficient (Wildman–Crippen LogP) is 7.17. The van der Waals surface area contributed by atoms with Crippen LogP contribution in [0.4, 0.5) is 0 Å². The Morgan fingerprint density at radius 1 is 0.952 bits per heavy atom. The van der Waals surface area contributed by atoms with Crippen molar-refractivity contribution in [3.8, 4) is 0 Å². The van der Waals surface area contributed by atoms with Gasteiger partial charge < -0.3 is 0 Å². The summed E-state index contributed by atoms with van der Waals surface area (Å²) in [6.45, 7) is 6.76. The van der Waals surface area contributed by atoms with Crippen molar-refractivity contribution >= 4 is 39.1 Å². The SMILES string of the molecule is CCC(C)(C)c1ccc(C(Br)c2ccc(Cl)c(Cl)c2)cc1. The van der Waals surface area contributed by atoms with Crippen molar-refractivity contribution in [2.75, 3.05) is 0 Å². The molecule has 0 aromatic heterocycles. The van der Waals surface area contributed by atoms with E-state index in [0.717, 1.165) is 12.0 Å². The van der Waals surface area contributed by atoms with Gasteiger partial charge in [0.05, 0.1) is 14.9 Å². The molecule has 2 rings (SSSR count). The molecule has 1 atom stereocenters. The van der Waals surface area contributed by atoms with E-state index in [4.69, 9.17) is 23.2 Å². The highest BCUT2D eigenvalue weighted by molar-refractivity contribution is 9.09. The second-order valence-corrected chi connectivity index (χ2v) is 7.63. The number of halogens is 3. The molecule has 0 aliphatic carbocycles. The Balaban J connectivity index is 2.27. The minimum absolute atomic E-state index is 0.117. The number of hydrogen-bond donors (Lipinski definition) is 0. The summed E-state index contributed by atoms with van der Waals surface area (Å²) >= 11 is 15.8. The van der Waals surface area contributed by atoms with Gasteiger partial charge in [-0.2, -0.15) is 0 Å². The molecule has 0 heterocycles.